The highest BCUT2D eigenvalue weighted by Gasteiger charge is 2.13. The lowest BCUT2D eigenvalue weighted by atomic mass is 10.2. The molecule has 0 saturated heterocycles. The lowest BCUT2D eigenvalue weighted by Gasteiger charge is -1.98. The van der Waals surface area contributed by atoms with Crippen LogP contribution in [0.2, 0.25) is 0 Å². The minimum absolute atomic E-state index is 0.0702. The Balaban J connectivity index is 2.96. The summed E-state index contributed by atoms with van der Waals surface area (Å²) in [5, 5.41) is 11.1. The zero-order valence-corrected chi connectivity index (χ0v) is 8.92. The van der Waals surface area contributed by atoms with Gasteiger partial charge in [0, 0.05) is 7.05 Å². The van der Waals surface area contributed by atoms with Crippen molar-refractivity contribution in [1.82, 2.24) is 9.55 Å². The third kappa shape index (κ3) is 1.33. The van der Waals surface area contributed by atoms with Crippen molar-refractivity contribution in [2.24, 2.45) is 7.05 Å². The van der Waals surface area contributed by atoms with Crippen LogP contribution in [0.15, 0.2) is 11.1 Å². The number of aromatic nitrogens is 2. The molecule has 0 bridgehead atoms. The molecular weight excluding hydrogens is 216 g/mol. The van der Waals surface area contributed by atoms with E-state index in [1.807, 2.05) is 0 Å². The topological polar surface area (TPSA) is 75.0 Å². The molecule has 0 N–H and O–H groups in total. The monoisotopic (exact) mass is 223 g/mol. The van der Waals surface area contributed by atoms with Crippen molar-refractivity contribution >= 4 is 27.5 Å². The maximum atomic E-state index is 11.7. The Kier molecular flexibility index (Phi) is 2.08. The molecule has 5 nitrogen and oxygen atoms in total. The molecule has 78 valence electrons. The zero-order valence-electron chi connectivity index (χ0n) is 8.10. The van der Waals surface area contributed by atoms with Gasteiger partial charge >= 0.3 is 0 Å². The van der Waals surface area contributed by atoms with Crippen molar-refractivity contribution in [3.63, 3.8) is 0 Å². The molecule has 0 radical (unpaired) electrons. The van der Waals surface area contributed by atoms with E-state index in [4.69, 9.17) is 0 Å². The van der Waals surface area contributed by atoms with Gasteiger partial charge in [0.05, 0.1) is 22.6 Å². The molecule has 0 aliphatic carbocycles. The predicted octanol–water partition coefficient (Wildman–Crippen LogP) is -0.333. The molecule has 0 saturated carbocycles. The van der Waals surface area contributed by atoms with Crippen LogP contribution < -0.4 is 10.7 Å². The summed E-state index contributed by atoms with van der Waals surface area (Å²) in [7, 11) is 1.57. The van der Waals surface area contributed by atoms with Gasteiger partial charge in [0.2, 0.25) is 0 Å². The number of carbonyl (C=O) groups excluding carboxylic acids is 1. The van der Waals surface area contributed by atoms with Gasteiger partial charge in [0.15, 0.2) is 0 Å². The van der Waals surface area contributed by atoms with E-state index >= 15 is 0 Å². The van der Waals surface area contributed by atoms with E-state index < -0.39 is 5.97 Å². The fraction of sp³-hybridized carbons (Fsp3) is 0.222. The number of nitrogens with zero attached hydrogens (tertiary/aromatic N) is 2. The van der Waals surface area contributed by atoms with Gasteiger partial charge in [-0.2, -0.15) is 0 Å². The highest BCUT2D eigenvalue weighted by atomic mass is 32.1. The number of aromatic carboxylic acids is 1. The molecule has 15 heavy (non-hydrogen) atoms. The molecule has 0 amide bonds. The summed E-state index contributed by atoms with van der Waals surface area (Å²) in [5.74, 6) is -1.27. The number of carboxylic acid groups (broad SMARTS) is 1. The quantitative estimate of drug-likeness (QED) is 0.663. The number of hydrogen-bond acceptors (Lipinski definition) is 5. The molecule has 0 atom stereocenters. The highest BCUT2D eigenvalue weighted by Crippen LogP contribution is 2.25. The summed E-state index contributed by atoms with van der Waals surface area (Å²) in [4.78, 5) is 27.0. The third-order valence-electron chi connectivity index (χ3n) is 2.20. The summed E-state index contributed by atoms with van der Waals surface area (Å²) >= 11 is 0.968. The Bertz CT molecular complexity index is 612. The molecular formula is C9H7N2O3S-. The number of carboxylic acids is 1. The van der Waals surface area contributed by atoms with E-state index in [0.717, 1.165) is 11.3 Å². The lowest BCUT2D eigenvalue weighted by molar-refractivity contribution is -0.254. The van der Waals surface area contributed by atoms with Crippen LogP contribution >= 0.6 is 11.3 Å². The molecule has 0 aliphatic heterocycles. The first kappa shape index (κ1) is 9.85. The first-order chi connectivity index (χ1) is 7.02. The average Bonchev–Trinajstić information content (AvgIpc) is 2.50. The minimum Gasteiger partial charge on any atom is -0.544 e. The van der Waals surface area contributed by atoms with Crippen LogP contribution in [-0.2, 0) is 7.05 Å². The Hall–Kier alpha value is -1.69. The predicted molar refractivity (Wildman–Crippen MR) is 53.9 cm³/mol. The summed E-state index contributed by atoms with van der Waals surface area (Å²) in [6, 6.07) is 0. The van der Waals surface area contributed by atoms with Gasteiger partial charge in [-0.05, 0) is 12.5 Å². The largest absolute Gasteiger partial charge is 0.544 e. The van der Waals surface area contributed by atoms with Crippen molar-refractivity contribution < 1.29 is 9.90 Å². The van der Waals surface area contributed by atoms with Crippen molar-refractivity contribution in [3.8, 4) is 0 Å². The normalized spacial score (nSPS) is 10.8. The molecule has 2 rings (SSSR count). The van der Waals surface area contributed by atoms with E-state index in [9.17, 15) is 14.7 Å². The van der Waals surface area contributed by atoms with Crippen LogP contribution in [0.25, 0.3) is 10.2 Å². The second kappa shape index (κ2) is 3.16. The second-order valence-electron chi connectivity index (χ2n) is 3.18. The first-order valence-corrected chi connectivity index (χ1v) is 5.00. The van der Waals surface area contributed by atoms with Crippen LogP contribution in [0.1, 0.15) is 15.2 Å². The van der Waals surface area contributed by atoms with Crippen LogP contribution in [0, 0.1) is 6.92 Å². The molecule has 2 aromatic heterocycles. The third-order valence-corrected chi connectivity index (χ3v) is 3.38. The molecule has 2 heterocycles. The van der Waals surface area contributed by atoms with Crippen molar-refractivity contribution in [2.75, 3.05) is 0 Å². The maximum Gasteiger partial charge on any atom is 0.262 e. The number of carbonyl (C=O) groups is 1. The van der Waals surface area contributed by atoms with Crippen LogP contribution in [0.4, 0.5) is 0 Å². The van der Waals surface area contributed by atoms with Gasteiger partial charge in [0.25, 0.3) is 5.56 Å². The van der Waals surface area contributed by atoms with Gasteiger partial charge in [0.1, 0.15) is 4.83 Å². The van der Waals surface area contributed by atoms with E-state index in [1.54, 1.807) is 14.0 Å². The second-order valence-corrected chi connectivity index (χ2v) is 4.18. The lowest BCUT2D eigenvalue weighted by Crippen LogP contribution is -2.22. The molecule has 6 heteroatoms. The first-order valence-electron chi connectivity index (χ1n) is 4.18. The summed E-state index contributed by atoms with van der Waals surface area (Å²) < 4.78 is 1.32. The molecule has 0 unspecified atom stereocenters. The Morgan fingerprint density at radius 2 is 2.27 bits per heavy atom. The Labute approximate surface area is 88.6 Å². The number of rotatable bonds is 1. The maximum absolute atomic E-state index is 11.7. The Morgan fingerprint density at radius 1 is 1.60 bits per heavy atom. The average molecular weight is 223 g/mol. The fourth-order valence-corrected chi connectivity index (χ4v) is 2.38. The van der Waals surface area contributed by atoms with E-state index in [-0.39, 0.29) is 10.4 Å². The van der Waals surface area contributed by atoms with E-state index in [0.29, 0.717) is 15.8 Å². The highest BCUT2D eigenvalue weighted by molar-refractivity contribution is 7.20. The number of thiophene rings is 1. The van der Waals surface area contributed by atoms with Crippen molar-refractivity contribution in [3.05, 3.63) is 27.1 Å². The number of fused-ring (bicyclic) bond motifs is 1. The van der Waals surface area contributed by atoms with Gasteiger partial charge in [-0.15, -0.1) is 11.3 Å². The molecule has 0 fully saturated rings. The summed E-state index contributed by atoms with van der Waals surface area (Å²) in [6.07, 6.45) is 1.37. The van der Waals surface area contributed by atoms with Gasteiger partial charge in [-0.1, -0.05) is 0 Å². The fourth-order valence-electron chi connectivity index (χ4n) is 1.40. The van der Waals surface area contributed by atoms with Gasteiger partial charge in [-0.25, -0.2) is 4.98 Å². The number of aryl methyl sites for hydroxylation is 2. The van der Waals surface area contributed by atoms with Gasteiger partial charge < -0.3 is 14.5 Å². The van der Waals surface area contributed by atoms with E-state index in [2.05, 4.69) is 4.98 Å². The molecule has 2 aromatic rings. The SMILES string of the molecule is Cc1c(C(=O)[O-])sc2ncn(C)c(=O)c12. The molecule has 0 aromatic carbocycles. The molecule has 0 aliphatic rings. The smallest absolute Gasteiger partial charge is 0.262 e. The zero-order chi connectivity index (χ0) is 11.2. The summed E-state index contributed by atoms with van der Waals surface area (Å²) in [6.45, 7) is 1.59. The minimum atomic E-state index is -1.27. The Morgan fingerprint density at radius 3 is 2.87 bits per heavy atom. The van der Waals surface area contributed by atoms with E-state index in [1.165, 1.54) is 10.9 Å². The standard InChI is InChI=1S/C9H8N2O3S/c1-4-5-7(15-6(4)9(13)14)10-3-11(2)8(5)12/h3H,1-2H3,(H,13,14)/p-1. The molecule has 0 spiro atoms. The van der Waals surface area contributed by atoms with Crippen LogP contribution in [-0.4, -0.2) is 15.5 Å². The van der Waals surface area contributed by atoms with Crippen molar-refractivity contribution in [1.29, 1.82) is 0 Å². The number of hydrogen-bond donors (Lipinski definition) is 0. The van der Waals surface area contributed by atoms with Crippen LogP contribution in [0.5, 0.6) is 0 Å². The van der Waals surface area contributed by atoms with Crippen LogP contribution in [0.3, 0.4) is 0 Å². The van der Waals surface area contributed by atoms with Gasteiger partial charge in [-0.3, -0.25) is 4.79 Å². The van der Waals surface area contributed by atoms with Crippen molar-refractivity contribution in [2.45, 2.75) is 6.92 Å². The summed E-state index contributed by atoms with van der Waals surface area (Å²) in [5.41, 5.74) is 0.199.